The van der Waals surface area contributed by atoms with Gasteiger partial charge in [0.2, 0.25) is 11.8 Å². The molecule has 0 amide bonds. The van der Waals surface area contributed by atoms with Gasteiger partial charge >= 0.3 is 5.97 Å². The molecule has 0 spiro atoms. The second-order valence-electron chi connectivity index (χ2n) is 4.96. The first-order chi connectivity index (χ1) is 9.06. The minimum absolute atomic E-state index is 0.0699. The Morgan fingerprint density at radius 3 is 2.74 bits per heavy atom. The van der Waals surface area contributed by atoms with Crippen LogP contribution in [0.25, 0.3) is 0 Å². The number of aromatic nitrogens is 2. The van der Waals surface area contributed by atoms with Crippen molar-refractivity contribution in [3.63, 3.8) is 0 Å². The van der Waals surface area contributed by atoms with Crippen LogP contribution in [0.1, 0.15) is 26.7 Å². The van der Waals surface area contributed by atoms with E-state index in [1.165, 1.54) is 0 Å². The molecule has 6 heteroatoms. The molecule has 1 aromatic rings. The van der Waals surface area contributed by atoms with Crippen LogP contribution in [0.5, 0.6) is 5.88 Å². The molecule has 1 aliphatic heterocycles. The SMILES string of the molecule is CC(C)Oc1ccnc(N2CCC(C(=O)O)CC2)n1. The molecular weight excluding hydrogens is 246 g/mol. The van der Waals surface area contributed by atoms with E-state index in [1.54, 1.807) is 12.3 Å². The van der Waals surface area contributed by atoms with Gasteiger partial charge < -0.3 is 14.7 Å². The number of aliphatic carboxylic acids is 1. The van der Waals surface area contributed by atoms with Crippen molar-refractivity contribution in [2.24, 2.45) is 5.92 Å². The highest BCUT2D eigenvalue weighted by atomic mass is 16.5. The van der Waals surface area contributed by atoms with Crippen molar-refractivity contribution < 1.29 is 14.6 Å². The number of piperidine rings is 1. The molecule has 0 atom stereocenters. The van der Waals surface area contributed by atoms with E-state index >= 15 is 0 Å². The topological polar surface area (TPSA) is 75.5 Å². The number of hydrogen-bond acceptors (Lipinski definition) is 5. The van der Waals surface area contributed by atoms with Gasteiger partial charge in [0.25, 0.3) is 0 Å². The van der Waals surface area contributed by atoms with Crippen LogP contribution in [-0.4, -0.2) is 40.2 Å². The lowest BCUT2D eigenvalue weighted by molar-refractivity contribution is -0.142. The van der Waals surface area contributed by atoms with Gasteiger partial charge in [0.05, 0.1) is 12.0 Å². The summed E-state index contributed by atoms with van der Waals surface area (Å²) < 4.78 is 5.53. The van der Waals surface area contributed by atoms with Crippen molar-refractivity contribution in [2.75, 3.05) is 18.0 Å². The summed E-state index contributed by atoms with van der Waals surface area (Å²) in [5.74, 6) is 0.214. The molecule has 19 heavy (non-hydrogen) atoms. The summed E-state index contributed by atoms with van der Waals surface area (Å²) in [6.07, 6.45) is 3.01. The van der Waals surface area contributed by atoms with Crippen LogP contribution in [0.15, 0.2) is 12.3 Å². The summed E-state index contributed by atoms with van der Waals surface area (Å²) >= 11 is 0. The number of ether oxygens (including phenoxy) is 1. The van der Waals surface area contributed by atoms with Gasteiger partial charge in [-0.2, -0.15) is 4.98 Å². The van der Waals surface area contributed by atoms with Crippen LogP contribution in [0.2, 0.25) is 0 Å². The van der Waals surface area contributed by atoms with Gasteiger partial charge in [-0.3, -0.25) is 4.79 Å². The van der Waals surface area contributed by atoms with Crippen LogP contribution >= 0.6 is 0 Å². The van der Waals surface area contributed by atoms with E-state index in [1.807, 2.05) is 18.7 Å². The Morgan fingerprint density at radius 2 is 2.16 bits per heavy atom. The van der Waals surface area contributed by atoms with Gasteiger partial charge in [0, 0.05) is 25.4 Å². The standard InChI is InChI=1S/C13H19N3O3/c1-9(2)19-11-3-6-14-13(15-11)16-7-4-10(5-8-16)12(17)18/h3,6,9-10H,4-5,7-8H2,1-2H3,(H,17,18). The largest absolute Gasteiger partial charge is 0.481 e. The Balaban J connectivity index is 2.01. The number of hydrogen-bond donors (Lipinski definition) is 1. The minimum Gasteiger partial charge on any atom is -0.481 e. The molecular formula is C13H19N3O3. The van der Waals surface area contributed by atoms with E-state index < -0.39 is 5.97 Å². The second-order valence-corrected chi connectivity index (χ2v) is 4.96. The average Bonchev–Trinajstić information content (AvgIpc) is 2.38. The molecule has 6 nitrogen and oxygen atoms in total. The number of nitrogens with zero attached hydrogens (tertiary/aromatic N) is 3. The van der Waals surface area contributed by atoms with E-state index in [2.05, 4.69) is 9.97 Å². The third-order valence-electron chi connectivity index (χ3n) is 3.10. The number of rotatable bonds is 4. The molecule has 1 aromatic heterocycles. The fourth-order valence-electron chi connectivity index (χ4n) is 2.12. The predicted octanol–water partition coefficient (Wildman–Crippen LogP) is 1.56. The molecule has 0 bridgehead atoms. The van der Waals surface area contributed by atoms with Gasteiger partial charge in [0.15, 0.2) is 0 Å². The lowest BCUT2D eigenvalue weighted by atomic mass is 9.97. The summed E-state index contributed by atoms with van der Waals surface area (Å²) in [7, 11) is 0. The Kier molecular flexibility index (Phi) is 4.19. The van der Waals surface area contributed by atoms with Gasteiger partial charge in [-0.05, 0) is 26.7 Å². The number of carbonyl (C=O) groups is 1. The van der Waals surface area contributed by atoms with Crippen molar-refractivity contribution >= 4 is 11.9 Å². The van der Waals surface area contributed by atoms with Gasteiger partial charge in [0.1, 0.15) is 0 Å². The second kappa shape index (κ2) is 5.86. The van der Waals surface area contributed by atoms with E-state index in [0.29, 0.717) is 37.8 Å². The molecule has 0 unspecified atom stereocenters. The fraction of sp³-hybridized carbons (Fsp3) is 0.615. The number of carboxylic acids is 1. The fourth-order valence-corrected chi connectivity index (χ4v) is 2.12. The van der Waals surface area contributed by atoms with Crippen molar-refractivity contribution in [3.05, 3.63) is 12.3 Å². The molecule has 1 saturated heterocycles. The zero-order valence-electron chi connectivity index (χ0n) is 11.2. The number of anilines is 1. The molecule has 0 radical (unpaired) electrons. The quantitative estimate of drug-likeness (QED) is 0.890. The van der Waals surface area contributed by atoms with Crippen molar-refractivity contribution in [2.45, 2.75) is 32.8 Å². The molecule has 0 aromatic carbocycles. The van der Waals surface area contributed by atoms with Crippen molar-refractivity contribution in [3.8, 4) is 5.88 Å². The zero-order valence-corrected chi connectivity index (χ0v) is 11.2. The molecule has 1 aliphatic rings. The molecule has 2 rings (SSSR count). The zero-order chi connectivity index (χ0) is 13.8. The van der Waals surface area contributed by atoms with Crippen LogP contribution < -0.4 is 9.64 Å². The maximum atomic E-state index is 10.9. The summed E-state index contributed by atoms with van der Waals surface area (Å²) in [5.41, 5.74) is 0. The van der Waals surface area contributed by atoms with Crippen molar-refractivity contribution in [1.82, 2.24) is 9.97 Å². The first-order valence-electron chi connectivity index (χ1n) is 6.53. The summed E-state index contributed by atoms with van der Waals surface area (Å²) in [6.45, 7) is 5.23. The van der Waals surface area contributed by atoms with E-state index in [0.717, 1.165) is 0 Å². The van der Waals surface area contributed by atoms with Crippen LogP contribution in [-0.2, 0) is 4.79 Å². The third-order valence-corrected chi connectivity index (χ3v) is 3.10. The van der Waals surface area contributed by atoms with E-state index in [9.17, 15) is 4.79 Å². The lowest BCUT2D eigenvalue weighted by Crippen LogP contribution is -2.37. The third kappa shape index (κ3) is 3.56. The summed E-state index contributed by atoms with van der Waals surface area (Å²) in [4.78, 5) is 21.5. The highest BCUT2D eigenvalue weighted by molar-refractivity contribution is 5.70. The molecule has 2 heterocycles. The van der Waals surface area contributed by atoms with E-state index in [-0.39, 0.29) is 12.0 Å². The highest BCUT2D eigenvalue weighted by Gasteiger charge is 2.25. The monoisotopic (exact) mass is 265 g/mol. The average molecular weight is 265 g/mol. The number of carboxylic acid groups (broad SMARTS) is 1. The Morgan fingerprint density at radius 1 is 1.47 bits per heavy atom. The molecule has 0 aliphatic carbocycles. The highest BCUT2D eigenvalue weighted by Crippen LogP contribution is 2.22. The summed E-state index contributed by atoms with van der Waals surface area (Å²) in [5, 5.41) is 8.97. The molecule has 1 N–H and O–H groups in total. The normalized spacial score (nSPS) is 16.7. The smallest absolute Gasteiger partial charge is 0.306 e. The van der Waals surface area contributed by atoms with Gasteiger partial charge in [-0.25, -0.2) is 4.98 Å². The van der Waals surface area contributed by atoms with Crippen molar-refractivity contribution in [1.29, 1.82) is 0 Å². The molecule has 1 fully saturated rings. The Hall–Kier alpha value is -1.85. The Bertz CT molecular complexity index is 443. The van der Waals surface area contributed by atoms with Gasteiger partial charge in [-0.15, -0.1) is 0 Å². The predicted molar refractivity (Wildman–Crippen MR) is 70.4 cm³/mol. The minimum atomic E-state index is -0.711. The van der Waals surface area contributed by atoms with Crippen LogP contribution in [0.4, 0.5) is 5.95 Å². The lowest BCUT2D eigenvalue weighted by Gasteiger charge is -2.30. The maximum Gasteiger partial charge on any atom is 0.306 e. The molecule has 0 saturated carbocycles. The molecule has 104 valence electrons. The Labute approximate surface area is 112 Å². The maximum absolute atomic E-state index is 10.9. The summed E-state index contributed by atoms with van der Waals surface area (Å²) in [6, 6.07) is 1.73. The first kappa shape index (κ1) is 13.6. The van der Waals surface area contributed by atoms with Crippen LogP contribution in [0, 0.1) is 5.92 Å². The van der Waals surface area contributed by atoms with Gasteiger partial charge in [-0.1, -0.05) is 0 Å². The first-order valence-corrected chi connectivity index (χ1v) is 6.53. The van der Waals surface area contributed by atoms with E-state index in [4.69, 9.17) is 9.84 Å². The van der Waals surface area contributed by atoms with Crippen LogP contribution in [0.3, 0.4) is 0 Å².